The van der Waals surface area contributed by atoms with E-state index in [1.807, 2.05) is 30.3 Å². The first kappa shape index (κ1) is 19.4. The van der Waals surface area contributed by atoms with Crippen LogP contribution in [0.15, 0.2) is 83.3 Å². The highest BCUT2D eigenvalue weighted by molar-refractivity contribution is 6.36. The molecule has 2 aromatic heterocycles. The number of furan rings is 1. The summed E-state index contributed by atoms with van der Waals surface area (Å²) < 4.78 is 5.70. The van der Waals surface area contributed by atoms with E-state index in [1.54, 1.807) is 53.3 Å². The number of carbonyl (C=O) groups is 1. The highest BCUT2D eigenvalue weighted by Gasteiger charge is 2.15. The lowest BCUT2D eigenvalue weighted by atomic mass is 10.2. The van der Waals surface area contributed by atoms with Crippen molar-refractivity contribution >= 4 is 45.8 Å². The third-order valence-electron chi connectivity index (χ3n) is 4.65. The van der Waals surface area contributed by atoms with E-state index in [2.05, 4.69) is 15.5 Å². The van der Waals surface area contributed by atoms with E-state index in [9.17, 15) is 4.79 Å². The van der Waals surface area contributed by atoms with Crippen LogP contribution in [0, 0.1) is 0 Å². The highest BCUT2D eigenvalue weighted by atomic mass is 35.5. The maximum Gasteiger partial charge on any atom is 0.291 e. The number of nitrogens with one attached hydrogen (secondary N) is 1. The van der Waals surface area contributed by atoms with E-state index in [4.69, 9.17) is 27.6 Å². The molecule has 1 amide bonds. The molecule has 0 unspecified atom stereocenters. The molecule has 152 valence electrons. The molecule has 0 aliphatic heterocycles. The number of carbonyl (C=O) groups excluding carboxylic acids is 1. The minimum atomic E-state index is -0.383. The van der Waals surface area contributed by atoms with Gasteiger partial charge in [-0.2, -0.15) is 4.80 Å². The molecule has 0 fully saturated rings. The zero-order valence-electron chi connectivity index (χ0n) is 15.9. The van der Waals surface area contributed by atoms with Gasteiger partial charge in [-0.25, -0.2) is 0 Å². The van der Waals surface area contributed by atoms with E-state index in [1.165, 1.54) is 0 Å². The first-order chi connectivity index (χ1) is 15.1. The fraction of sp³-hybridized carbons (Fsp3) is 0. The van der Waals surface area contributed by atoms with Gasteiger partial charge in [-0.1, -0.05) is 41.4 Å². The number of benzene rings is 3. The van der Waals surface area contributed by atoms with Crippen LogP contribution in [-0.4, -0.2) is 20.9 Å². The van der Waals surface area contributed by atoms with Crippen LogP contribution >= 0.6 is 23.2 Å². The quantitative estimate of drug-likeness (QED) is 0.353. The first-order valence-corrected chi connectivity index (χ1v) is 10.1. The van der Waals surface area contributed by atoms with E-state index >= 15 is 0 Å². The minimum Gasteiger partial charge on any atom is -0.451 e. The predicted molar refractivity (Wildman–Crippen MR) is 121 cm³/mol. The molecule has 0 atom stereocenters. The van der Waals surface area contributed by atoms with Gasteiger partial charge in [0.15, 0.2) is 5.76 Å². The van der Waals surface area contributed by atoms with Crippen molar-refractivity contribution in [2.24, 2.45) is 0 Å². The zero-order valence-corrected chi connectivity index (χ0v) is 17.4. The Morgan fingerprint density at radius 3 is 2.48 bits per heavy atom. The Hall–Kier alpha value is -3.61. The Bertz CT molecular complexity index is 1410. The number of hydrogen-bond acceptors (Lipinski definition) is 4. The van der Waals surface area contributed by atoms with Gasteiger partial charge >= 0.3 is 0 Å². The lowest BCUT2D eigenvalue weighted by molar-refractivity contribution is 0.0997. The average molecular weight is 449 g/mol. The van der Waals surface area contributed by atoms with Gasteiger partial charge in [0.1, 0.15) is 16.8 Å². The molecule has 0 aliphatic carbocycles. The van der Waals surface area contributed by atoms with E-state index in [-0.39, 0.29) is 11.7 Å². The van der Waals surface area contributed by atoms with Crippen molar-refractivity contribution in [2.45, 2.75) is 0 Å². The molecule has 2 heterocycles. The van der Waals surface area contributed by atoms with Gasteiger partial charge in [0.05, 0.1) is 10.7 Å². The molecule has 5 aromatic rings. The van der Waals surface area contributed by atoms with Crippen LogP contribution in [-0.2, 0) is 0 Å². The van der Waals surface area contributed by atoms with Crippen molar-refractivity contribution in [1.29, 1.82) is 0 Å². The van der Waals surface area contributed by atoms with Crippen molar-refractivity contribution in [3.8, 4) is 17.0 Å². The molecule has 0 radical (unpaired) electrons. The Kier molecular flexibility index (Phi) is 4.94. The van der Waals surface area contributed by atoms with Crippen molar-refractivity contribution in [3.05, 3.63) is 94.7 Å². The molecule has 0 saturated carbocycles. The number of halogens is 2. The number of aromatic nitrogens is 3. The van der Waals surface area contributed by atoms with E-state index < -0.39 is 0 Å². The molecule has 1 N–H and O–H groups in total. The van der Waals surface area contributed by atoms with Gasteiger partial charge in [-0.3, -0.25) is 4.79 Å². The average Bonchev–Trinajstić information content (AvgIpc) is 3.41. The maximum absolute atomic E-state index is 12.7. The number of fused-ring (bicyclic) bond motifs is 1. The molecule has 0 bridgehead atoms. The Balaban J connectivity index is 1.37. The lowest BCUT2D eigenvalue weighted by Crippen LogP contribution is -2.10. The second-order valence-corrected chi connectivity index (χ2v) is 7.61. The fourth-order valence-electron chi connectivity index (χ4n) is 3.16. The van der Waals surface area contributed by atoms with Crippen molar-refractivity contribution in [2.75, 3.05) is 5.32 Å². The third kappa shape index (κ3) is 3.91. The molecule has 6 nitrogen and oxygen atoms in total. The highest BCUT2D eigenvalue weighted by Crippen LogP contribution is 2.31. The lowest BCUT2D eigenvalue weighted by Gasteiger charge is -2.03. The molecule has 0 aliphatic rings. The summed E-state index contributed by atoms with van der Waals surface area (Å²) in [5.41, 5.74) is 3.48. The smallest absolute Gasteiger partial charge is 0.291 e. The maximum atomic E-state index is 12.7. The van der Waals surface area contributed by atoms with Gasteiger partial charge in [-0.15, -0.1) is 10.2 Å². The van der Waals surface area contributed by atoms with Crippen LogP contribution in [0.5, 0.6) is 0 Å². The second kappa shape index (κ2) is 7.91. The Morgan fingerprint density at radius 2 is 1.68 bits per heavy atom. The SMILES string of the molecule is O=C(Nc1ccc2nn(-c3ccccc3)nc2c1)c1ccc(-c2ccc(Cl)cc2Cl)o1. The van der Waals surface area contributed by atoms with Crippen LogP contribution in [0.2, 0.25) is 10.0 Å². The summed E-state index contributed by atoms with van der Waals surface area (Å²) in [6.45, 7) is 0. The molecule has 5 rings (SSSR count). The van der Waals surface area contributed by atoms with Crippen LogP contribution in [0.4, 0.5) is 5.69 Å². The number of anilines is 1. The summed E-state index contributed by atoms with van der Waals surface area (Å²) in [6.07, 6.45) is 0. The summed E-state index contributed by atoms with van der Waals surface area (Å²) in [5, 5.41) is 12.7. The van der Waals surface area contributed by atoms with Crippen LogP contribution in [0.3, 0.4) is 0 Å². The number of nitrogens with zero attached hydrogens (tertiary/aromatic N) is 3. The standard InChI is InChI=1S/C23H14Cl2N4O2/c24-14-6-8-17(18(25)12-14)21-10-11-22(31-21)23(30)26-15-7-9-19-20(13-15)28-29(27-19)16-4-2-1-3-5-16/h1-13H,(H,26,30). The molecular weight excluding hydrogens is 435 g/mol. The molecular formula is C23H14Cl2N4O2. The summed E-state index contributed by atoms with van der Waals surface area (Å²) >= 11 is 12.2. The van der Waals surface area contributed by atoms with Crippen molar-refractivity contribution < 1.29 is 9.21 Å². The summed E-state index contributed by atoms with van der Waals surface area (Å²) in [5.74, 6) is 0.258. The van der Waals surface area contributed by atoms with Gasteiger partial charge in [0.25, 0.3) is 5.91 Å². The number of hydrogen-bond donors (Lipinski definition) is 1. The van der Waals surface area contributed by atoms with E-state index in [0.717, 1.165) is 11.2 Å². The summed E-state index contributed by atoms with van der Waals surface area (Å²) in [7, 11) is 0. The van der Waals surface area contributed by atoms with Crippen LogP contribution in [0.25, 0.3) is 28.0 Å². The van der Waals surface area contributed by atoms with Gasteiger partial charge in [0.2, 0.25) is 0 Å². The third-order valence-corrected chi connectivity index (χ3v) is 5.20. The Morgan fingerprint density at radius 1 is 0.871 bits per heavy atom. The Labute approximate surface area is 187 Å². The summed E-state index contributed by atoms with van der Waals surface area (Å²) in [6, 6.07) is 23.3. The largest absolute Gasteiger partial charge is 0.451 e. The number of amides is 1. The first-order valence-electron chi connectivity index (χ1n) is 9.36. The minimum absolute atomic E-state index is 0.161. The monoisotopic (exact) mass is 448 g/mol. The van der Waals surface area contributed by atoms with Gasteiger partial charge < -0.3 is 9.73 Å². The second-order valence-electron chi connectivity index (χ2n) is 6.77. The normalized spacial score (nSPS) is 11.0. The van der Waals surface area contributed by atoms with Crippen LogP contribution in [0.1, 0.15) is 10.6 Å². The van der Waals surface area contributed by atoms with Crippen molar-refractivity contribution in [3.63, 3.8) is 0 Å². The van der Waals surface area contributed by atoms with E-state index in [0.29, 0.717) is 32.6 Å². The molecule has 0 saturated heterocycles. The molecule has 8 heteroatoms. The molecule has 31 heavy (non-hydrogen) atoms. The topological polar surface area (TPSA) is 73.0 Å². The van der Waals surface area contributed by atoms with Crippen LogP contribution < -0.4 is 5.32 Å². The number of para-hydroxylation sites is 1. The number of rotatable bonds is 4. The van der Waals surface area contributed by atoms with Gasteiger partial charge in [-0.05, 0) is 60.7 Å². The molecule has 0 spiro atoms. The summed E-state index contributed by atoms with van der Waals surface area (Å²) in [4.78, 5) is 14.2. The van der Waals surface area contributed by atoms with Crippen molar-refractivity contribution in [1.82, 2.24) is 15.0 Å². The molecule has 3 aromatic carbocycles. The van der Waals surface area contributed by atoms with Gasteiger partial charge in [0, 0.05) is 16.3 Å². The predicted octanol–water partition coefficient (Wildman–Crippen LogP) is 6.24. The zero-order chi connectivity index (χ0) is 21.4. The fourth-order valence-corrected chi connectivity index (χ4v) is 3.66.